The second-order valence-corrected chi connectivity index (χ2v) is 12.3. The standard InChI is InChI=1S/C46H31N3/c1-4-13-32(14-5-1)38-21-12-22-39(29-38)49(40-26-23-33-15-10-11-20-37(33)30-40)41-27-24-34-25-28-43-46(42(34)31-41)48-45(36-18-8-3-9-19-36)44(47-43)35-16-6-2-7-17-35/h1-31H. The van der Waals surface area contributed by atoms with E-state index in [9.17, 15) is 0 Å². The van der Waals surface area contributed by atoms with Crippen molar-refractivity contribution in [2.75, 3.05) is 4.90 Å². The minimum Gasteiger partial charge on any atom is -0.310 e. The molecule has 0 atom stereocenters. The smallest absolute Gasteiger partial charge is 0.0973 e. The molecule has 0 radical (unpaired) electrons. The van der Waals surface area contributed by atoms with Crippen molar-refractivity contribution >= 4 is 49.6 Å². The number of rotatable bonds is 6. The Morgan fingerprint density at radius 3 is 1.57 bits per heavy atom. The van der Waals surface area contributed by atoms with Crippen molar-refractivity contribution in [3.63, 3.8) is 0 Å². The maximum Gasteiger partial charge on any atom is 0.0973 e. The van der Waals surface area contributed by atoms with Crippen LogP contribution in [0.1, 0.15) is 0 Å². The lowest BCUT2D eigenvalue weighted by Crippen LogP contribution is -2.10. The van der Waals surface area contributed by atoms with Gasteiger partial charge < -0.3 is 4.90 Å². The fraction of sp³-hybridized carbons (Fsp3) is 0. The quantitative estimate of drug-likeness (QED) is 0.172. The summed E-state index contributed by atoms with van der Waals surface area (Å²) >= 11 is 0. The number of hydrogen-bond donors (Lipinski definition) is 0. The van der Waals surface area contributed by atoms with Gasteiger partial charge in [-0.05, 0) is 69.8 Å². The van der Waals surface area contributed by atoms with Crippen LogP contribution in [-0.4, -0.2) is 9.97 Å². The lowest BCUT2D eigenvalue weighted by atomic mass is 10.0. The van der Waals surface area contributed by atoms with E-state index in [0.717, 1.165) is 61.4 Å². The van der Waals surface area contributed by atoms with Crippen LogP contribution in [0.25, 0.3) is 66.2 Å². The summed E-state index contributed by atoms with van der Waals surface area (Å²) in [5.74, 6) is 0. The third kappa shape index (κ3) is 5.38. The molecule has 0 aliphatic carbocycles. The summed E-state index contributed by atoms with van der Waals surface area (Å²) in [6, 6.07) is 66.2. The molecule has 3 nitrogen and oxygen atoms in total. The molecule has 0 amide bonds. The van der Waals surface area contributed by atoms with Crippen LogP contribution in [0.4, 0.5) is 17.1 Å². The van der Waals surface area contributed by atoms with E-state index in [4.69, 9.17) is 9.97 Å². The van der Waals surface area contributed by atoms with Gasteiger partial charge in [0.05, 0.1) is 22.4 Å². The van der Waals surface area contributed by atoms with E-state index in [1.807, 2.05) is 12.1 Å². The first-order valence-corrected chi connectivity index (χ1v) is 16.6. The van der Waals surface area contributed by atoms with E-state index in [2.05, 4.69) is 181 Å². The van der Waals surface area contributed by atoms with Crippen molar-refractivity contribution in [1.29, 1.82) is 0 Å². The van der Waals surface area contributed by atoms with Crippen molar-refractivity contribution in [3.8, 4) is 33.6 Å². The van der Waals surface area contributed by atoms with E-state index < -0.39 is 0 Å². The summed E-state index contributed by atoms with van der Waals surface area (Å²) in [5.41, 5.74) is 11.2. The maximum absolute atomic E-state index is 5.41. The van der Waals surface area contributed by atoms with Crippen molar-refractivity contribution < 1.29 is 0 Å². The molecule has 0 saturated heterocycles. The lowest BCUT2D eigenvalue weighted by Gasteiger charge is -2.27. The number of hydrogen-bond acceptors (Lipinski definition) is 3. The van der Waals surface area contributed by atoms with Crippen molar-refractivity contribution in [2.24, 2.45) is 0 Å². The minimum absolute atomic E-state index is 0.867. The topological polar surface area (TPSA) is 29.0 Å². The molecule has 49 heavy (non-hydrogen) atoms. The summed E-state index contributed by atoms with van der Waals surface area (Å²) in [4.78, 5) is 13.0. The molecule has 1 aromatic heterocycles. The first kappa shape index (κ1) is 28.6. The second-order valence-electron chi connectivity index (χ2n) is 12.3. The van der Waals surface area contributed by atoms with Gasteiger partial charge in [-0.1, -0.05) is 146 Å². The zero-order chi connectivity index (χ0) is 32.6. The first-order valence-electron chi connectivity index (χ1n) is 16.6. The van der Waals surface area contributed by atoms with Crippen LogP contribution >= 0.6 is 0 Å². The highest BCUT2D eigenvalue weighted by molar-refractivity contribution is 6.07. The Bertz CT molecular complexity index is 2600. The van der Waals surface area contributed by atoms with Gasteiger partial charge in [0.15, 0.2) is 0 Å². The molecule has 0 aliphatic rings. The van der Waals surface area contributed by atoms with Crippen LogP contribution in [0.3, 0.4) is 0 Å². The summed E-state index contributed by atoms with van der Waals surface area (Å²) in [7, 11) is 0. The number of benzene rings is 8. The Balaban J connectivity index is 1.28. The lowest BCUT2D eigenvalue weighted by molar-refractivity contribution is 1.29. The van der Waals surface area contributed by atoms with Crippen molar-refractivity contribution in [2.45, 2.75) is 0 Å². The van der Waals surface area contributed by atoms with Crippen LogP contribution in [0, 0.1) is 0 Å². The van der Waals surface area contributed by atoms with E-state index in [1.54, 1.807) is 0 Å². The number of anilines is 3. The summed E-state index contributed by atoms with van der Waals surface area (Å²) in [6.07, 6.45) is 0. The molecular formula is C46H31N3. The average molecular weight is 626 g/mol. The van der Waals surface area contributed by atoms with Gasteiger partial charge in [-0.2, -0.15) is 0 Å². The molecule has 0 saturated carbocycles. The molecule has 0 unspecified atom stereocenters. The third-order valence-corrected chi connectivity index (χ3v) is 9.19. The Labute approximate surface area is 285 Å². The highest BCUT2D eigenvalue weighted by Crippen LogP contribution is 2.40. The minimum atomic E-state index is 0.867. The van der Waals surface area contributed by atoms with E-state index in [0.29, 0.717) is 0 Å². The van der Waals surface area contributed by atoms with Gasteiger partial charge in [-0.15, -0.1) is 0 Å². The van der Waals surface area contributed by atoms with Crippen molar-refractivity contribution in [1.82, 2.24) is 9.97 Å². The molecule has 9 rings (SSSR count). The van der Waals surface area contributed by atoms with E-state index >= 15 is 0 Å². The van der Waals surface area contributed by atoms with E-state index in [-0.39, 0.29) is 0 Å². The Morgan fingerprint density at radius 2 is 0.857 bits per heavy atom. The van der Waals surface area contributed by atoms with Crippen LogP contribution in [0.15, 0.2) is 188 Å². The molecule has 0 bridgehead atoms. The SMILES string of the molecule is c1ccc(-c2cccc(N(c3ccc4ccccc4c3)c3ccc4ccc5nc(-c6ccccc6)c(-c6ccccc6)nc5c4c3)c2)cc1. The molecule has 8 aromatic carbocycles. The summed E-state index contributed by atoms with van der Waals surface area (Å²) in [6.45, 7) is 0. The normalized spacial score (nSPS) is 11.3. The van der Waals surface area contributed by atoms with Crippen LogP contribution in [0.5, 0.6) is 0 Å². The monoisotopic (exact) mass is 625 g/mol. The zero-order valence-corrected chi connectivity index (χ0v) is 26.7. The van der Waals surface area contributed by atoms with Gasteiger partial charge in [0.1, 0.15) is 0 Å². The predicted octanol–water partition coefficient (Wildman–Crippen LogP) is 12.4. The number of nitrogens with zero attached hydrogens (tertiary/aromatic N) is 3. The van der Waals surface area contributed by atoms with Gasteiger partial charge >= 0.3 is 0 Å². The van der Waals surface area contributed by atoms with Gasteiger partial charge in [0.2, 0.25) is 0 Å². The average Bonchev–Trinajstić information content (AvgIpc) is 3.18. The molecule has 9 aromatic rings. The molecular weight excluding hydrogens is 595 g/mol. The second kappa shape index (κ2) is 12.2. The van der Waals surface area contributed by atoms with Gasteiger partial charge in [0.25, 0.3) is 0 Å². The summed E-state index contributed by atoms with van der Waals surface area (Å²) < 4.78 is 0. The molecule has 230 valence electrons. The van der Waals surface area contributed by atoms with Crippen LogP contribution in [0.2, 0.25) is 0 Å². The molecule has 0 fully saturated rings. The molecule has 0 N–H and O–H groups in total. The molecule has 0 spiro atoms. The van der Waals surface area contributed by atoms with Crippen LogP contribution < -0.4 is 4.90 Å². The third-order valence-electron chi connectivity index (χ3n) is 9.19. The molecule has 3 heteroatoms. The largest absolute Gasteiger partial charge is 0.310 e. The fourth-order valence-electron chi connectivity index (χ4n) is 6.78. The van der Waals surface area contributed by atoms with E-state index in [1.165, 1.54) is 21.9 Å². The number of fused-ring (bicyclic) bond motifs is 4. The van der Waals surface area contributed by atoms with Gasteiger partial charge in [-0.3, -0.25) is 0 Å². The first-order chi connectivity index (χ1) is 24.3. The van der Waals surface area contributed by atoms with Crippen LogP contribution in [-0.2, 0) is 0 Å². The zero-order valence-electron chi connectivity index (χ0n) is 26.7. The Hall–Kier alpha value is -6.58. The summed E-state index contributed by atoms with van der Waals surface area (Å²) in [5, 5.41) is 4.59. The van der Waals surface area contributed by atoms with Gasteiger partial charge in [0, 0.05) is 33.6 Å². The Kier molecular flexibility index (Phi) is 7.14. The highest BCUT2D eigenvalue weighted by Gasteiger charge is 2.18. The number of aromatic nitrogens is 2. The Morgan fingerprint density at radius 1 is 0.327 bits per heavy atom. The predicted molar refractivity (Wildman–Crippen MR) is 206 cm³/mol. The molecule has 0 aliphatic heterocycles. The maximum atomic E-state index is 5.41. The molecule has 1 heterocycles. The fourth-order valence-corrected chi connectivity index (χ4v) is 6.78. The van der Waals surface area contributed by atoms with Crippen molar-refractivity contribution in [3.05, 3.63) is 188 Å². The highest BCUT2D eigenvalue weighted by atomic mass is 15.1. The van der Waals surface area contributed by atoms with Gasteiger partial charge in [-0.25, -0.2) is 9.97 Å².